The van der Waals surface area contributed by atoms with Gasteiger partial charge in [-0.3, -0.25) is 4.99 Å². The monoisotopic (exact) mass is 260 g/mol. The van der Waals surface area contributed by atoms with Gasteiger partial charge in [0.1, 0.15) is 0 Å². The van der Waals surface area contributed by atoms with E-state index in [0.29, 0.717) is 6.04 Å². The van der Waals surface area contributed by atoms with Gasteiger partial charge in [0.2, 0.25) is 0 Å². The largest absolute Gasteiger partial charge is 0.395 e. The topological polar surface area (TPSA) is 35.8 Å². The van der Waals surface area contributed by atoms with Crippen molar-refractivity contribution in [3.05, 3.63) is 48.6 Å². The van der Waals surface area contributed by atoms with Crippen LogP contribution in [-0.4, -0.2) is 41.6 Å². The quantitative estimate of drug-likeness (QED) is 0.844. The number of rotatable bonds is 4. The fourth-order valence-electron chi connectivity index (χ4n) is 2.05. The Bertz CT molecular complexity index is 400. The highest BCUT2D eigenvalue weighted by Gasteiger charge is 2.16. The van der Waals surface area contributed by atoms with Crippen molar-refractivity contribution < 1.29 is 5.11 Å². The zero-order valence-electron chi connectivity index (χ0n) is 11.9. The molecule has 104 valence electrons. The van der Waals surface area contributed by atoms with E-state index in [0.717, 1.165) is 25.3 Å². The molecule has 0 saturated heterocycles. The minimum Gasteiger partial charge on any atom is -0.395 e. The molecular weight excluding hydrogens is 236 g/mol. The highest BCUT2D eigenvalue weighted by atomic mass is 16.3. The maximum atomic E-state index is 8.63. The Morgan fingerprint density at radius 3 is 2.58 bits per heavy atom. The van der Waals surface area contributed by atoms with Crippen molar-refractivity contribution in [1.29, 1.82) is 0 Å². The summed E-state index contributed by atoms with van der Waals surface area (Å²) in [7, 11) is 0. The van der Waals surface area contributed by atoms with E-state index in [1.807, 2.05) is 31.2 Å². The molecule has 1 aromatic rings. The number of hydrogen-bond acceptors (Lipinski definition) is 3. The number of nitrogens with zero attached hydrogens (tertiary/aromatic N) is 2. The highest BCUT2D eigenvalue weighted by molar-refractivity contribution is 5.81. The lowest BCUT2D eigenvalue weighted by Gasteiger charge is -2.16. The second kappa shape index (κ2) is 8.48. The van der Waals surface area contributed by atoms with Crippen LogP contribution in [0, 0.1) is 0 Å². The van der Waals surface area contributed by atoms with Gasteiger partial charge < -0.3 is 10.0 Å². The summed E-state index contributed by atoms with van der Waals surface area (Å²) in [6.07, 6.45) is 2.89. The normalized spacial score (nSPS) is 17.5. The number of aliphatic hydroxyl groups excluding tert-OH is 1. The fourth-order valence-corrected chi connectivity index (χ4v) is 2.05. The van der Waals surface area contributed by atoms with Crippen molar-refractivity contribution >= 4 is 5.84 Å². The van der Waals surface area contributed by atoms with E-state index in [9.17, 15) is 0 Å². The molecule has 0 saturated carbocycles. The number of allylic oxidation sites excluding steroid dienone is 1. The van der Waals surface area contributed by atoms with Crippen LogP contribution in [0.2, 0.25) is 0 Å². The average molecular weight is 260 g/mol. The Morgan fingerprint density at radius 2 is 2.11 bits per heavy atom. The Kier molecular flexibility index (Phi) is 6.90. The lowest BCUT2D eigenvalue weighted by Crippen LogP contribution is -2.29. The summed E-state index contributed by atoms with van der Waals surface area (Å²) in [5.74, 6) is 1.06. The summed E-state index contributed by atoms with van der Waals surface area (Å²) in [5.41, 5.74) is 1.33. The van der Waals surface area contributed by atoms with Crippen molar-refractivity contribution in [2.45, 2.75) is 26.3 Å². The van der Waals surface area contributed by atoms with Crippen molar-refractivity contribution in [3.63, 3.8) is 0 Å². The van der Waals surface area contributed by atoms with Gasteiger partial charge in [-0.1, -0.05) is 36.4 Å². The van der Waals surface area contributed by atoms with Crippen molar-refractivity contribution in [1.82, 2.24) is 4.90 Å². The predicted molar refractivity (Wildman–Crippen MR) is 81.6 cm³/mol. The van der Waals surface area contributed by atoms with Gasteiger partial charge in [0.25, 0.3) is 0 Å². The third kappa shape index (κ3) is 5.71. The third-order valence-electron chi connectivity index (χ3n) is 2.94. The molecule has 1 atom stereocenters. The molecule has 3 heteroatoms. The van der Waals surface area contributed by atoms with E-state index in [4.69, 9.17) is 5.11 Å². The number of amidine groups is 1. The number of benzene rings is 1. The number of aliphatic hydroxyl groups is 1. The van der Waals surface area contributed by atoms with Gasteiger partial charge in [0.05, 0.1) is 18.5 Å². The van der Waals surface area contributed by atoms with E-state index in [1.54, 1.807) is 0 Å². The molecule has 19 heavy (non-hydrogen) atoms. The zero-order chi connectivity index (χ0) is 14.1. The van der Waals surface area contributed by atoms with Crippen LogP contribution >= 0.6 is 0 Å². The third-order valence-corrected chi connectivity index (χ3v) is 2.94. The molecule has 0 spiro atoms. The fraction of sp³-hybridized carbons (Fsp3) is 0.438. The summed E-state index contributed by atoms with van der Waals surface area (Å²) < 4.78 is 0. The van der Waals surface area contributed by atoms with Gasteiger partial charge in [-0.25, -0.2) is 0 Å². The van der Waals surface area contributed by atoms with Crippen LogP contribution in [0.4, 0.5) is 0 Å². The molecule has 2 rings (SSSR count). The SMILES string of the molecule is C=CCc1ccccc1.CC1=NC(C)CN1CCO. The van der Waals surface area contributed by atoms with Crippen molar-refractivity contribution in [2.24, 2.45) is 4.99 Å². The maximum absolute atomic E-state index is 8.63. The second-order valence-electron chi connectivity index (χ2n) is 4.67. The molecule has 1 aliphatic rings. The summed E-state index contributed by atoms with van der Waals surface area (Å²) in [6, 6.07) is 10.7. The predicted octanol–water partition coefficient (Wildman–Crippen LogP) is 2.52. The van der Waals surface area contributed by atoms with Crippen LogP contribution in [0.3, 0.4) is 0 Å². The number of hydrogen-bond donors (Lipinski definition) is 1. The summed E-state index contributed by atoms with van der Waals surface area (Å²) in [5, 5.41) is 8.63. The van der Waals surface area contributed by atoms with Crippen LogP contribution in [0.5, 0.6) is 0 Å². The molecule has 0 amide bonds. The summed E-state index contributed by atoms with van der Waals surface area (Å²) in [6.45, 7) is 9.63. The molecule has 0 fully saturated rings. The molecule has 1 N–H and O–H groups in total. The minimum absolute atomic E-state index is 0.222. The molecule has 1 heterocycles. The Balaban J connectivity index is 0.000000191. The van der Waals surface area contributed by atoms with Gasteiger partial charge in [-0.2, -0.15) is 0 Å². The molecule has 0 bridgehead atoms. The summed E-state index contributed by atoms with van der Waals surface area (Å²) in [4.78, 5) is 6.42. The first-order valence-electron chi connectivity index (χ1n) is 6.72. The molecule has 0 radical (unpaired) electrons. The first kappa shape index (κ1) is 15.4. The van der Waals surface area contributed by atoms with Gasteiger partial charge in [0.15, 0.2) is 0 Å². The van der Waals surface area contributed by atoms with E-state index in [-0.39, 0.29) is 6.61 Å². The second-order valence-corrected chi connectivity index (χ2v) is 4.67. The summed E-state index contributed by atoms with van der Waals surface area (Å²) >= 11 is 0. The molecule has 1 unspecified atom stereocenters. The van der Waals surface area contributed by atoms with Gasteiger partial charge in [-0.15, -0.1) is 6.58 Å². The van der Waals surface area contributed by atoms with Crippen molar-refractivity contribution in [2.75, 3.05) is 19.7 Å². The molecule has 3 nitrogen and oxygen atoms in total. The standard InChI is InChI=1S/C9H10.C7H14N2O/c1-2-6-9-7-4-3-5-8-9;1-6-5-9(3-4-10)7(2)8-6/h2-5,7-8H,1,6H2;6,10H,3-5H2,1-2H3. The zero-order valence-corrected chi connectivity index (χ0v) is 11.9. The molecular formula is C16H24N2O. The first-order valence-corrected chi connectivity index (χ1v) is 6.72. The van der Waals surface area contributed by atoms with Gasteiger partial charge in [-0.05, 0) is 25.8 Å². The van der Waals surface area contributed by atoms with Crippen molar-refractivity contribution in [3.8, 4) is 0 Å². The van der Waals surface area contributed by atoms with Crippen LogP contribution in [-0.2, 0) is 6.42 Å². The smallest absolute Gasteiger partial charge is 0.0963 e. The molecule has 0 aromatic heterocycles. The lowest BCUT2D eigenvalue weighted by atomic mass is 10.2. The van der Waals surface area contributed by atoms with E-state index in [2.05, 4.69) is 35.5 Å². The van der Waals surface area contributed by atoms with Crippen LogP contribution in [0.25, 0.3) is 0 Å². The van der Waals surface area contributed by atoms with Crippen LogP contribution < -0.4 is 0 Å². The molecule has 1 aromatic carbocycles. The lowest BCUT2D eigenvalue weighted by molar-refractivity contribution is 0.252. The van der Waals surface area contributed by atoms with E-state index >= 15 is 0 Å². The van der Waals surface area contributed by atoms with E-state index < -0.39 is 0 Å². The first-order chi connectivity index (χ1) is 9.17. The number of aliphatic imine (C=N–C) groups is 1. The highest BCUT2D eigenvalue weighted by Crippen LogP contribution is 2.06. The van der Waals surface area contributed by atoms with Gasteiger partial charge >= 0.3 is 0 Å². The number of β-amino-alcohol motifs (C(OH)–C–C–N with tert-alkyl or cyclic N) is 1. The van der Waals surface area contributed by atoms with Crippen LogP contribution in [0.1, 0.15) is 19.4 Å². The minimum atomic E-state index is 0.222. The molecule has 1 aliphatic heterocycles. The van der Waals surface area contributed by atoms with Gasteiger partial charge in [0, 0.05) is 13.1 Å². The maximum Gasteiger partial charge on any atom is 0.0963 e. The van der Waals surface area contributed by atoms with E-state index in [1.165, 1.54) is 5.56 Å². The van der Waals surface area contributed by atoms with Crippen LogP contribution in [0.15, 0.2) is 48.0 Å². The Morgan fingerprint density at radius 1 is 1.42 bits per heavy atom. The molecule has 0 aliphatic carbocycles. The average Bonchev–Trinajstić information content (AvgIpc) is 2.71. The Hall–Kier alpha value is -1.61. The Labute approximate surface area is 116 Å².